The average Bonchev–Trinajstić information content (AvgIpc) is 4.49. The largest absolute Gasteiger partial charge is 0.481 e. The van der Waals surface area contributed by atoms with Crippen LogP contribution in [0.4, 0.5) is 26.3 Å². The maximum atomic E-state index is 14.5. The number of nitrogens with one attached hydrogen (secondary N) is 1. The number of halogens is 8. The second-order valence-electron chi connectivity index (χ2n) is 21.5. The van der Waals surface area contributed by atoms with Crippen molar-refractivity contribution in [3.63, 3.8) is 0 Å². The number of aryl methyl sites for hydroxylation is 3. The molecule has 7 nitrogen and oxygen atoms in total. The molecule has 4 atom stereocenters. The summed E-state index contributed by atoms with van der Waals surface area (Å²) in [5, 5.41) is 12.3. The van der Waals surface area contributed by atoms with Crippen molar-refractivity contribution in [1.82, 2.24) is 15.1 Å². The van der Waals surface area contributed by atoms with Crippen LogP contribution >= 0.6 is 28.3 Å². The number of hydrogen-bond donors (Lipinski definition) is 2. The smallest absolute Gasteiger partial charge is 0.307 e. The Kier molecular flexibility index (Phi) is 26.7. The quantitative estimate of drug-likeness (QED) is 0.0940. The minimum atomic E-state index is -0.783. The highest BCUT2D eigenvalue weighted by molar-refractivity contribution is 9.08. The lowest BCUT2D eigenvalue weighted by Gasteiger charge is -2.30. The average molecular weight is 1260 g/mol. The van der Waals surface area contributed by atoms with Crippen LogP contribution in [0.1, 0.15) is 124 Å². The minimum absolute atomic E-state index is 0. The number of carboxylic acids is 1. The lowest BCUT2D eigenvalue weighted by molar-refractivity contribution is -0.136. The Morgan fingerprint density at radius 2 is 0.942 bits per heavy atom. The van der Waals surface area contributed by atoms with Gasteiger partial charge >= 0.3 is 5.97 Å². The van der Waals surface area contributed by atoms with Crippen LogP contribution in [-0.2, 0) is 39.0 Å². The van der Waals surface area contributed by atoms with Gasteiger partial charge in [-0.15, -0.1) is 12.4 Å². The fourth-order valence-electron chi connectivity index (χ4n) is 10.7. The zero-order valence-corrected chi connectivity index (χ0v) is 50.9. The lowest BCUT2D eigenvalue weighted by Crippen LogP contribution is -2.36. The zero-order valence-electron chi connectivity index (χ0n) is 48.5. The molecule has 0 radical (unpaired) electrons. The molecule has 3 aliphatic rings. The van der Waals surface area contributed by atoms with E-state index in [1.54, 1.807) is 53.4 Å². The van der Waals surface area contributed by atoms with E-state index in [1.807, 2.05) is 123 Å². The van der Waals surface area contributed by atoms with Crippen molar-refractivity contribution < 1.29 is 45.8 Å². The first kappa shape index (κ1) is 67.6. The number of benzene rings is 8. The summed E-state index contributed by atoms with van der Waals surface area (Å²) in [7, 11) is 0. The van der Waals surface area contributed by atoms with Gasteiger partial charge in [0.2, 0.25) is 11.8 Å². The van der Waals surface area contributed by atoms with Crippen molar-refractivity contribution >= 4 is 46.1 Å². The van der Waals surface area contributed by atoms with Gasteiger partial charge in [-0.3, -0.25) is 14.4 Å². The van der Waals surface area contributed by atoms with Gasteiger partial charge in [0, 0.05) is 46.7 Å². The molecule has 0 aliphatic carbocycles. The molecule has 15 heteroatoms. The van der Waals surface area contributed by atoms with Gasteiger partial charge < -0.3 is 20.2 Å². The number of nitrogens with zero attached hydrogens (tertiary/aromatic N) is 2. The fraction of sp³-hybridized carbons (Fsp3) is 0.282. The molecular formula is C71H73BrClF6N3O4. The summed E-state index contributed by atoms with van der Waals surface area (Å²) in [6.07, 6.45) is 5.77. The summed E-state index contributed by atoms with van der Waals surface area (Å²) in [5.74, 6) is -3.85. The molecular weight excluding hydrogens is 1190 g/mol. The number of carbonyl (C=O) groups is 3. The Balaban J connectivity index is 0.000000186. The van der Waals surface area contributed by atoms with Gasteiger partial charge in [0.25, 0.3) is 0 Å². The van der Waals surface area contributed by atoms with E-state index in [0.717, 1.165) is 66.5 Å². The van der Waals surface area contributed by atoms with E-state index in [-0.39, 0.29) is 84.0 Å². The Labute approximate surface area is 516 Å². The number of likely N-dealkylation sites (tertiary alicyclic amines) is 2. The third-order valence-electron chi connectivity index (χ3n) is 15.3. The van der Waals surface area contributed by atoms with Gasteiger partial charge in [0.05, 0.1) is 30.8 Å². The molecule has 3 fully saturated rings. The number of hydrogen-bond acceptors (Lipinski definition) is 4. The van der Waals surface area contributed by atoms with Crippen LogP contribution in [0.25, 0.3) is 0 Å². The number of aliphatic carboxylic acids is 1. The maximum Gasteiger partial charge on any atom is 0.307 e. The van der Waals surface area contributed by atoms with Gasteiger partial charge in [0.1, 0.15) is 34.9 Å². The summed E-state index contributed by atoms with van der Waals surface area (Å²) >= 11 is 3.17. The molecule has 8 aromatic carbocycles. The Morgan fingerprint density at radius 1 is 0.512 bits per heavy atom. The summed E-state index contributed by atoms with van der Waals surface area (Å²) in [5.41, 5.74) is 8.44. The minimum Gasteiger partial charge on any atom is -0.481 e. The molecule has 0 saturated carbocycles. The second kappa shape index (κ2) is 34.0. The molecule has 11 rings (SSSR count). The maximum absolute atomic E-state index is 14.5. The summed E-state index contributed by atoms with van der Waals surface area (Å²) in [6, 6.07) is 53.3. The van der Waals surface area contributed by atoms with E-state index >= 15 is 0 Å². The normalized spacial score (nSPS) is 16.1. The molecule has 3 aliphatic heterocycles. The van der Waals surface area contributed by atoms with Crippen LogP contribution in [-0.4, -0.2) is 52.3 Å². The van der Waals surface area contributed by atoms with Gasteiger partial charge in [0.15, 0.2) is 0 Å². The molecule has 8 aromatic rings. The van der Waals surface area contributed by atoms with E-state index in [2.05, 4.69) is 21.2 Å². The number of rotatable bonds is 12. The third kappa shape index (κ3) is 19.5. The summed E-state index contributed by atoms with van der Waals surface area (Å²) in [4.78, 5) is 40.1. The van der Waals surface area contributed by atoms with Gasteiger partial charge in [-0.2, -0.15) is 0 Å². The van der Waals surface area contributed by atoms with Crippen LogP contribution in [0.2, 0.25) is 0 Å². The van der Waals surface area contributed by atoms with Crippen molar-refractivity contribution in [3.8, 4) is 0 Å². The summed E-state index contributed by atoms with van der Waals surface area (Å²) < 4.78 is 83.1. The van der Waals surface area contributed by atoms with Crippen molar-refractivity contribution in [1.29, 1.82) is 0 Å². The molecule has 452 valence electrons. The fourth-order valence-corrected chi connectivity index (χ4v) is 11.1. The summed E-state index contributed by atoms with van der Waals surface area (Å²) in [6.45, 7) is 8.15. The third-order valence-corrected chi connectivity index (χ3v) is 15.9. The molecule has 2 N–H and O–H groups in total. The molecule has 86 heavy (non-hydrogen) atoms. The first-order valence-electron chi connectivity index (χ1n) is 28.7. The van der Waals surface area contributed by atoms with Crippen LogP contribution in [0.5, 0.6) is 0 Å². The van der Waals surface area contributed by atoms with Crippen LogP contribution in [0.3, 0.4) is 0 Å². The van der Waals surface area contributed by atoms with Crippen molar-refractivity contribution in [2.45, 2.75) is 108 Å². The van der Waals surface area contributed by atoms with E-state index in [4.69, 9.17) is 5.11 Å². The zero-order chi connectivity index (χ0) is 60.8. The van der Waals surface area contributed by atoms with Gasteiger partial charge in [-0.1, -0.05) is 184 Å². The molecule has 3 heterocycles. The van der Waals surface area contributed by atoms with E-state index in [1.165, 1.54) is 48.0 Å². The standard InChI is InChI=1S/C26H24F3NO.C19H20FNO.C10H12FN.C9H10O2.C7H6BrF.ClH/c1-17-11-13-18(14-12-17)20(16-21-23(28)8-4-9-24(21)29)26(31)30-15-5-10-25(30)19-6-2-3-7-22(19)27;1-14-8-10-15(11-9-14)13-19(22)21-12-4-7-18(21)16-5-2-3-6-17(16)20;11-9-5-2-1-4-8(9)10-6-3-7-12-10;1-7-2-4-8(5-3-7)6-9(10)11;8-5-6-3-1-2-4-7(6)9;/h2-4,6-9,11-14,20,25H,5,10,15-16H2,1H3;2-3,5-6,8-11,18H,4,7,12-13H2,1H3;1-2,4-5,10,12H,3,6-7H2;2-5H,6H2,1H3,(H,10,11);1-4H,5H2;1H. The highest BCUT2D eigenvalue weighted by Crippen LogP contribution is 2.38. The SMILES string of the molecule is Cc1ccc(C(Cc2c(F)cccc2F)C(=O)N2CCCC2c2ccccc2F)cc1.Cc1ccc(CC(=O)N2CCCC2c2ccccc2F)cc1.Cc1ccc(CC(=O)O)cc1.Cl.Fc1ccccc1C1CCCN1.Fc1ccccc1CBr. The highest BCUT2D eigenvalue weighted by Gasteiger charge is 2.37. The van der Waals surface area contributed by atoms with Crippen molar-refractivity contribution in [3.05, 3.63) is 284 Å². The van der Waals surface area contributed by atoms with E-state index in [0.29, 0.717) is 53.5 Å². The molecule has 0 bridgehead atoms. The number of amides is 2. The lowest BCUT2D eigenvalue weighted by atomic mass is 9.89. The first-order chi connectivity index (χ1) is 41.0. The van der Waals surface area contributed by atoms with E-state index < -0.39 is 23.5 Å². The van der Waals surface area contributed by atoms with Crippen LogP contribution < -0.4 is 5.32 Å². The highest BCUT2D eigenvalue weighted by atomic mass is 79.9. The monoisotopic (exact) mass is 1260 g/mol. The van der Waals surface area contributed by atoms with Gasteiger partial charge in [-0.05, 0) is 131 Å². The predicted octanol–water partition coefficient (Wildman–Crippen LogP) is 17.2. The molecule has 2 amide bonds. The Hall–Kier alpha value is -7.52. The number of carboxylic acid groups (broad SMARTS) is 1. The Bertz CT molecular complexity index is 3420. The van der Waals surface area contributed by atoms with Crippen LogP contribution in [0.15, 0.2) is 188 Å². The first-order valence-corrected chi connectivity index (χ1v) is 29.8. The van der Waals surface area contributed by atoms with E-state index in [9.17, 15) is 40.7 Å². The Morgan fingerprint density at radius 3 is 1.40 bits per heavy atom. The molecule has 4 unspecified atom stereocenters. The predicted molar refractivity (Wildman–Crippen MR) is 334 cm³/mol. The molecule has 0 aromatic heterocycles. The van der Waals surface area contributed by atoms with Crippen molar-refractivity contribution in [2.24, 2.45) is 0 Å². The molecule has 0 spiro atoms. The second-order valence-corrected chi connectivity index (χ2v) is 22.0. The number of carbonyl (C=O) groups excluding carboxylic acids is 2. The molecule has 3 saturated heterocycles. The van der Waals surface area contributed by atoms with Gasteiger partial charge in [-0.25, -0.2) is 26.3 Å². The topological polar surface area (TPSA) is 90.0 Å². The number of alkyl halides is 1. The van der Waals surface area contributed by atoms with Crippen molar-refractivity contribution in [2.75, 3.05) is 19.6 Å². The van der Waals surface area contributed by atoms with Crippen LogP contribution in [0, 0.1) is 55.7 Å².